The Morgan fingerprint density at radius 3 is 2.70 bits per heavy atom. The molecule has 1 aliphatic rings. The van der Waals surface area contributed by atoms with Gasteiger partial charge in [0.25, 0.3) is 0 Å². The Labute approximate surface area is 180 Å². The summed E-state index contributed by atoms with van der Waals surface area (Å²) in [5, 5.41) is 21.7. The Morgan fingerprint density at radius 2 is 2.00 bits per heavy atom. The van der Waals surface area contributed by atoms with Gasteiger partial charge < -0.3 is 10.5 Å². The molecule has 3 aromatic rings. The minimum Gasteiger partial charge on any atom is -0.409 e. The van der Waals surface area contributed by atoms with E-state index in [-0.39, 0.29) is 10.9 Å². The fourth-order valence-corrected chi connectivity index (χ4v) is 4.74. The minimum atomic E-state index is -0.472. The van der Waals surface area contributed by atoms with Crippen LogP contribution in [0, 0.1) is 17.7 Å². The molecule has 0 bridgehead atoms. The highest BCUT2D eigenvalue weighted by Crippen LogP contribution is 2.40. The average molecular weight is 429 g/mol. The highest BCUT2D eigenvalue weighted by Gasteiger charge is 2.29. The smallest absolute Gasteiger partial charge is 0.149 e. The Bertz CT molecular complexity index is 1070. The van der Waals surface area contributed by atoms with Crippen molar-refractivity contribution in [3.05, 3.63) is 59.0 Å². The Hall–Kier alpha value is -2.60. The lowest BCUT2D eigenvalue weighted by Crippen LogP contribution is -2.30. The summed E-state index contributed by atoms with van der Waals surface area (Å²) in [6.07, 6.45) is 6.23. The minimum absolute atomic E-state index is 0.0380. The third-order valence-electron chi connectivity index (χ3n) is 6.45. The quantitative estimate of drug-likeness (QED) is 0.226. The predicted octanol–water partition coefficient (Wildman–Crippen LogP) is 6.18. The molecule has 1 heterocycles. The van der Waals surface area contributed by atoms with Crippen LogP contribution in [0.2, 0.25) is 5.02 Å². The molecule has 158 valence electrons. The molecule has 2 N–H and O–H groups in total. The van der Waals surface area contributed by atoms with E-state index in [4.69, 9.17) is 11.6 Å². The number of amidine groups is 1. The molecule has 4 rings (SSSR count). The summed E-state index contributed by atoms with van der Waals surface area (Å²) >= 11 is 5.86. The molecule has 1 aromatic heterocycles. The number of nitrogens with zero attached hydrogens (tertiary/aromatic N) is 3. The summed E-state index contributed by atoms with van der Waals surface area (Å²) in [5.74, 6) is 1.02. The number of fused-ring (bicyclic) bond motifs is 1. The van der Waals surface area contributed by atoms with E-state index in [1.54, 1.807) is 6.07 Å². The van der Waals surface area contributed by atoms with Crippen LogP contribution in [-0.4, -0.2) is 20.8 Å². The zero-order valence-corrected chi connectivity index (χ0v) is 17.9. The Morgan fingerprint density at radius 1 is 1.23 bits per heavy atom. The van der Waals surface area contributed by atoms with Gasteiger partial charge in [-0.3, -0.25) is 4.68 Å². The molecule has 30 heavy (non-hydrogen) atoms. The number of aromatic nitrogens is 2. The van der Waals surface area contributed by atoms with Crippen molar-refractivity contribution in [2.45, 2.75) is 38.5 Å². The van der Waals surface area contributed by atoms with Gasteiger partial charge >= 0.3 is 0 Å². The van der Waals surface area contributed by atoms with E-state index in [1.165, 1.54) is 23.1 Å². The van der Waals surface area contributed by atoms with Crippen molar-refractivity contribution in [3.8, 4) is 0 Å². The van der Waals surface area contributed by atoms with Crippen LogP contribution in [-0.2, 0) is 7.05 Å². The third-order valence-corrected chi connectivity index (χ3v) is 6.74. The molecule has 1 atom stereocenters. The second kappa shape index (κ2) is 8.64. The van der Waals surface area contributed by atoms with Crippen molar-refractivity contribution in [3.63, 3.8) is 0 Å². The highest BCUT2D eigenvalue weighted by molar-refractivity contribution is 6.31. The van der Waals surface area contributed by atoms with Crippen molar-refractivity contribution in [1.82, 2.24) is 9.78 Å². The van der Waals surface area contributed by atoms with Crippen LogP contribution >= 0.6 is 11.6 Å². The molecule has 0 amide bonds. The van der Waals surface area contributed by atoms with Gasteiger partial charge in [0.05, 0.1) is 16.7 Å². The summed E-state index contributed by atoms with van der Waals surface area (Å²) < 4.78 is 15.3. The van der Waals surface area contributed by atoms with Gasteiger partial charge in [0, 0.05) is 24.0 Å². The fraction of sp³-hybridized carbons (Fsp3) is 0.391. The van der Waals surface area contributed by atoms with Gasteiger partial charge in [-0.1, -0.05) is 29.7 Å². The van der Waals surface area contributed by atoms with E-state index in [0.717, 1.165) is 31.2 Å². The Kier molecular flexibility index (Phi) is 5.95. The van der Waals surface area contributed by atoms with E-state index in [2.05, 4.69) is 40.7 Å². The maximum absolute atomic E-state index is 13.4. The van der Waals surface area contributed by atoms with Crippen LogP contribution in [0.3, 0.4) is 0 Å². The van der Waals surface area contributed by atoms with Gasteiger partial charge in [0.1, 0.15) is 11.7 Å². The molecule has 0 radical (unpaired) electrons. The van der Waals surface area contributed by atoms with Crippen LogP contribution in [0.1, 0.15) is 44.1 Å². The first-order chi connectivity index (χ1) is 14.5. The molecule has 0 unspecified atom stereocenters. The first-order valence-electron chi connectivity index (χ1n) is 10.3. The Balaban J connectivity index is 1.39. The van der Waals surface area contributed by atoms with Crippen LogP contribution in [0.5, 0.6) is 0 Å². The van der Waals surface area contributed by atoms with Crippen LogP contribution < -0.4 is 5.32 Å². The summed E-state index contributed by atoms with van der Waals surface area (Å²) in [6, 6.07) is 11.0. The number of hydrogen-bond donors (Lipinski definition) is 2. The summed E-state index contributed by atoms with van der Waals surface area (Å²) in [5.41, 5.74) is 3.13. The topological polar surface area (TPSA) is 62.4 Å². The summed E-state index contributed by atoms with van der Waals surface area (Å²) in [6.45, 7) is 2.07. The second-order valence-corrected chi connectivity index (χ2v) is 8.63. The van der Waals surface area contributed by atoms with E-state index >= 15 is 0 Å². The van der Waals surface area contributed by atoms with Gasteiger partial charge in [0.2, 0.25) is 0 Å². The molecule has 1 fully saturated rings. The molecule has 1 aliphatic carbocycles. The van der Waals surface area contributed by atoms with Crippen molar-refractivity contribution in [2.75, 3.05) is 5.32 Å². The number of nitrogens with one attached hydrogen (secondary N) is 1. The van der Waals surface area contributed by atoms with Crippen LogP contribution in [0.25, 0.3) is 10.9 Å². The molecule has 0 saturated heterocycles. The van der Waals surface area contributed by atoms with Crippen LogP contribution in [0.4, 0.5) is 10.1 Å². The first-order valence-corrected chi connectivity index (χ1v) is 10.7. The van der Waals surface area contributed by atoms with E-state index in [1.807, 2.05) is 17.9 Å². The lowest BCUT2D eigenvalue weighted by molar-refractivity contribution is 0.273. The second-order valence-electron chi connectivity index (χ2n) is 8.23. The molecule has 7 heteroatoms. The van der Waals surface area contributed by atoms with E-state index < -0.39 is 5.82 Å². The largest absolute Gasteiger partial charge is 0.409 e. The SMILES string of the molecule is C[C@H](/C(=N/O)Nc1ccc(F)c(Cl)c1)[C@H]1CC[C@@H](c2ccc3c(cnn3C)c2)CC1. The van der Waals surface area contributed by atoms with Crippen molar-refractivity contribution in [1.29, 1.82) is 0 Å². The van der Waals surface area contributed by atoms with E-state index in [0.29, 0.717) is 23.4 Å². The molecule has 1 saturated carbocycles. The number of hydrogen-bond acceptors (Lipinski definition) is 3. The number of aryl methyl sites for hydroxylation is 1. The lowest BCUT2D eigenvalue weighted by Gasteiger charge is -2.33. The normalized spacial score (nSPS) is 21.0. The molecule has 0 spiro atoms. The van der Waals surface area contributed by atoms with Gasteiger partial charge in [-0.15, -0.1) is 0 Å². The number of benzene rings is 2. The molecular weight excluding hydrogens is 403 g/mol. The maximum atomic E-state index is 13.4. The summed E-state index contributed by atoms with van der Waals surface area (Å²) in [7, 11) is 1.96. The number of halogens is 2. The molecule has 0 aliphatic heterocycles. The number of rotatable bonds is 4. The first kappa shape index (κ1) is 20.7. The van der Waals surface area contributed by atoms with Gasteiger partial charge in [0.15, 0.2) is 0 Å². The molecular formula is C23H26ClFN4O. The van der Waals surface area contributed by atoms with Gasteiger partial charge in [-0.05, 0) is 73.4 Å². The van der Waals surface area contributed by atoms with Gasteiger partial charge in [-0.25, -0.2) is 4.39 Å². The fourth-order valence-electron chi connectivity index (χ4n) is 4.56. The molecule has 2 aromatic carbocycles. The van der Waals surface area contributed by atoms with Crippen molar-refractivity contribution in [2.24, 2.45) is 24.0 Å². The number of oxime groups is 1. The third kappa shape index (κ3) is 4.15. The number of anilines is 1. The summed E-state index contributed by atoms with van der Waals surface area (Å²) in [4.78, 5) is 0. The van der Waals surface area contributed by atoms with Crippen molar-refractivity contribution >= 4 is 34.0 Å². The average Bonchev–Trinajstić information content (AvgIpc) is 3.14. The highest BCUT2D eigenvalue weighted by atomic mass is 35.5. The lowest BCUT2D eigenvalue weighted by atomic mass is 9.74. The monoisotopic (exact) mass is 428 g/mol. The zero-order chi connectivity index (χ0) is 21.3. The van der Waals surface area contributed by atoms with E-state index in [9.17, 15) is 9.60 Å². The molecule has 5 nitrogen and oxygen atoms in total. The van der Waals surface area contributed by atoms with Crippen LogP contribution in [0.15, 0.2) is 47.8 Å². The standard InChI is InChI=1S/C23H26ClFN4O/c1-14(23(28-30)27-19-8-9-21(25)20(24)12-19)15-3-5-16(6-4-15)17-7-10-22-18(11-17)13-26-29(22)2/h7-16,30H,3-6H2,1-2H3,(H,27,28)/t14-,15-,16+/m0/s1. The predicted molar refractivity (Wildman–Crippen MR) is 119 cm³/mol. The zero-order valence-electron chi connectivity index (χ0n) is 17.1. The van der Waals surface area contributed by atoms with Gasteiger partial charge in [-0.2, -0.15) is 5.10 Å². The van der Waals surface area contributed by atoms with Crippen molar-refractivity contribution < 1.29 is 9.60 Å². The maximum Gasteiger partial charge on any atom is 0.149 e.